The van der Waals surface area contributed by atoms with Crippen LogP contribution in [0.25, 0.3) is 11.2 Å². The molecule has 1 aliphatic rings. The van der Waals surface area contributed by atoms with E-state index in [-0.39, 0.29) is 32.1 Å². The Morgan fingerprint density at radius 3 is 1.62 bits per heavy atom. The van der Waals surface area contributed by atoms with Gasteiger partial charge in [0.05, 0.1) is 32.3 Å². The number of imidazole rings is 1. The van der Waals surface area contributed by atoms with E-state index >= 15 is 0 Å². The Bertz CT molecular complexity index is 1420. The third kappa shape index (κ3) is 26.3. The molecular formula is C49H92N5O8P. The summed E-state index contributed by atoms with van der Waals surface area (Å²) in [6.45, 7) is 5.62. The molecule has 0 radical (unpaired) electrons. The number of nitrogens with two attached hydrogens (primary N) is 1. The molecule has 3 rings (SSSR count). The number of hydrogen-bond donors (Lipinski definition) is 3. The van der Waals surface area contributed by atoms with Gasteiger partial charge >= 0.3 is 7.82 Å². The first-order valence-electron chi connectivity index (χ1n) is 25.9. The highest BCUT2D eigenvalue weighted by atomic mass is 31.2. The average Bonchev–Trinajstić information content (AvgIpc) is 3.88. The van der Waals surface area contributed by atoms with Gasteiger partial charge in [-0.15, -0.1) is 0 Å². The van der Waals surface area contributed by atoms with E-state index in [0.29, 0.717) is 24.4 Å². The number of aliphatic hydroxyl groups is 1. The summed E-state index contributed by atoms with van der Waals surface area (Å²) in [7, 11) is -4.45. The number of ether oxygens (including phenoxy) is 3. The molecule has 2 aromatic rings. The monoisotopic (exact) mass is 910 g/mol. The molecule has 13 nitrogen and oxygen atoms in total. The van der Waals surface area contributed by atoms with Crippen LogP contribution < -0.4 is 5.73 Å². The molecule has 0 spiro atoms. The number of rotatable bonds is 44. The number of phosphoric ester groups is 1. The fraction of sp³-hybridized carbons (Fsp3) is 0.898. The normalized spacial score (nSPS) is 18.1. The summed E-state index contributed by atoms with van der Waals surface area (Å²) in [5.74, 6) is 0.224. The third-order valence-corrected chi connectivity index (χ3v) is 13.4. The zero-order valence-corrected chi connectivity index (χ0v) is 40.9. The van der Waals surface area contributed by atoms with E-state index in [0.717, 1.165) is 25.7 Å². The predicted octanol–water partition coefficient (Wildman–Crippen LogP) is 13.1. The second-order valence-corrected chi connectivity index (χ2v) is 19.7. The Labute approximate surface area is 382 Å². The van der Waals surface area contributed by atoms with Gasteiger partial charge in [-0.1, -0.05) is 206 Å². The summed E-state index contributed by atoms with van der Waals surface area (Å²) in [6, 6.07) is 0. The summed E-state index contributed by atoms with van der Waals surface area (Å²) in [5.41, 5.74) is 6.74. The van der Waals surface area contributed by atoms with Gasteiger partial charge in [0.15, 0.2) is 17.7 Å². The van der Waals surface area contributed by atoms with Crippen LogP contribution in [0.5, 0.6) is 0 Å². The summed E-state index contributed by atoms with van der Waals surface area (Å²) >= 11 is 0. The minimum atomic E-state index is -4.45. The number of nitrogens with zero attached hydrogens (tertiary/aromatic N) is 4. The maximum Gasteiger partial charge on any atom is 0.472 e. The zero-order valence-electron chi connectivity index (χ0n) is 40.0. The number of anilines is 1. The molecule has 1 saturated heterocycles. The Hall–Kier alpha value is -1.70. The molecule has 3 heterocycles. The number of unbranched alkanes of at least 4 members (excludes halogenated alkanes) is 30. The zero-order chi connectivity index (χ0) is 45.1. The first-order valence-corrected chi connectivity index (χ1v) is 27.4. The lowest BCUT2D eigenvalue weighted by molar-refractivity contribution is -0.0563. The molecule has 5 atom stereocenters. The van der Waals surface area contributed by atoms with Crippen LogP contribution in [0.3, 0.4) is 0 Å². The van der Waals surface area contributed by atoms with Crippen LogP contribution in [0.2, 0.25) is 0 Å². The van der Waals surface area contributed by atoms with Crippen molar-refractivity contribution < 1.29 is 37.8 Å². The number of aliphatic hydroxyl groups excluding tert-OH is 1. The van der Waals surface area contributed by atoms with Gasteiger partial charge in [-0.2, -0.15) is 0 Å². The molecule has 0 aliphatic carbocycles. The Kier molecular flexibility index (Phi) is 32.2. The predicted molar refractivity (Wildman–Crippen MR) is 256 cm³/mol. The molecule has 1 aliphatic heterocycles. The summed E-state index contributed by atoms with van der Waals surface area (Å²) < 4.78 is 43.5. The topological polar surface area (TPSA) is 173 Å². The summed E-state index contributed by atoms with van der Waals surface area (Å²) in [4.78, 5) is 23.0. The summed E-state index contributed by atoms with van der Waals surface area (Å²) in [5, 5.41) is 10.8. The highest BCUT2D eigenvalue weighted by Crippen LogP contribution is 2.44. The smallest absolute Gasteiger partial charge is 0.388 e. The number of hydrogen-bond acceptors (Lipinski definition) is 11. The van der Waals surface area contributed by atoms with Crippen molar-refractivity contribution in [2.24, 2.45) is 0 Å². The van der Waals surface area contributed by atoms with Crippen LogP contribution in [0.4, 0.5) is 5.82 Å². The molecule has 1 unspecified atom stereocenters. The Morgan fingerprint density at radius 1 is 0.667 bits per heavy atom. The van der Waals surface area contributed by atoms with Gasteiger partial charge in [-0.25, -0.2) is 19.5 Å². The lowest BCUT2D eigenvalue weighted by Gasteiger charge is -2.21. The van der Waals surface area contributed by atoms with Crippen molar-refractivity contribution in [3.63, 3.8) is 0 Å². The molecule has 14 heteroatoms. The summed E-state index contributed by atoms with van der Waals surface area (Å²) in [6.07, 6.45) is 42.2. The van der Waals surface area contributed by atoms with Crippen LogP contribution in [-0.4, -0.2) is 80.9 Å². The average molecular weight is 910 g/mol. The van der Waals surface area contributed by atoms with Gasteiger partial charge in [0.1, 0.15) is 24.1 Å². The van der Waals surface area contributed by atoms with Crippen molar-refractivity contribution in [2.45, 2.75) is 250 Å². The van der Waals surface area contributed by atoms with E-state index in [9.17, 15) is 14.6 Å². The SMILES string of the molecule is CCCCCCCCCCCCCCCCCCOC[C@H](COP(=O)(O)OC[C@@H]1C[C@@H](O)[C@H](n2cnc3c(N)ncnc32)O1)OCCCCCCCCCCCCCCCCCC. The minimum absolute atomic E-state index is 0.134. The van der Waals surface area contributed by atoms with E-state index in [1.165, 1.54) is 192 Å². The Morgan fingerprint density at radius 2 is 1.13 bits per heavy atom. The van der Waals surface area contributed by atoms with Crippen molar-refractivity contribution in [3.8, 4) is 0 Å². The van der Waals surface area contributed by atoms with E-state index in [1.807, 2.05) is 0 Å². The molecule has 0 amide bonds. The van der Waals surface area contributed by atoms with Crippen molar-refractivity contribution >= 4 is 24.8 Å². The first kappa shape index (κ1) is 55.6. The maximum absolute atomic E-state index is 13.0. The second-order valence-electron chi connectivity index (χ2n) is 18.3. The van der Waals surface area contributed by atoms with Gasteiger partial charge < -0.3 is 29.9 Å². The fourth-order valence-corrected chi connectivity index (χ4v) is 9.33. The molecule has 63 heavy (non-hydrogen) atoms. The third-order valence-electron chi connectivity index (χ3n) is 12.5. The minimum Gasteiger partial charge on any atom is -0.388 e. The van der Waals surface area contributed by atoms with E-state index < -0.39 is 32.4 Å². The van der Waals surface area contributed by atoms with Crippen molar-refractivity contribution in [3.05, 3.63) is 12.7 Å². The lowest BCUT2D eigenvalue weighted by Crippen LogP contribution is -2.26. The van der Waals surface area contributed by atoms with Gasteiger partial charge in [-0.3, -0.25) is 13.6 Å². The van der Waals surface area contributed by atoms with E-state index in [4.69, 9.17) is 29.0 Å². The van der Waals surface area contributed by atoms with E-state index in [2.05, 4.69) is 28.8 Å². The molecule has 0 aromatic carbocycles. The maximum atomic E-state index is 13.0. The number of nitrogen functional groups attached to an aromatic ring is 1. The molecule has 366 valence electrons. The van der Waals surface area contributed by atoms with Crippen LogP contribution in [-0.2, 0) is 27.8 Å². The second kappa shape index (κ2) is 36.4. The van der Waals surface area contributed by atoms with Crippen LogP contribution in [0.1, 0.15) is 232 Å². The van der Waals surface area contributed by atoms with Gasteiger partial charge in [0.2, 0.25) is 0 Å². The largest absolute Gasteiger partial charge is 0.472 e. The number of fused-ring (bicyclic) bond motifs is 1. The number of phosphoric acid groups is 1. The first-order chi connectivity index (χ1) is 30.8. The molecule has 0 bridgehead atoms. The van der Waals surface area contributed by atoms with Crippen molar-refractivity contribution in [1.29, 1.82) is 0 Å². The van der Waals surface area contributed by atoms with Gasteiger partial charge in [0.25, 0.3) is 0 Å². The fourth-order valence-electron chi connectivity index (χ4n) is 8.55. The molecule has 2 aromatic heterocycles. The molecule has 4 N–H and O–H groups in total. The molecule has 0 saturated carbocycles. The van der Waals surface area contributed by atoms with Crippen LogP contribution in [0.15, 0.2) is 12.7 Å². The lowest BCUT2D eigenvalue weighted by atomic mass is 10.0. The highest BCUT2D eigenvalue weighted by molar-refractivity contribution is 7.47. The van der Waals surface area contributed by atoms with Gasteiger partial charge in [0, 0.05) is 19.6 Å². The molecular weight excluding hydrogens is 818 g/mol. The van der Waals surface area contributed by atoms with Gasteiger partial charge in [-0.05, 0) is 12.8 Å². The van der Waals surface area contributed by atoms with Crippen molar-refractivity contribution in [2.75, 3.05) is 38.8 Å². The standard InChI is InChI=1S/C49H92N5O8P/c1-3-5-7-9-11-13-15-17-19-21-23-25-27-29-31-33-35-58-38-44(59-36-34-32-30-28-26-24-22-20-18-16-14-12-10-8-6-4-2)40-61-63(56,57)60-39-43-37-45(55)49(62-43)54-42-53-46-47(50)51-41-52-48(46)54/h41-45,49,55H,3-40H2,1-2H3,(H,56,57)(H2,50,51,52)/t43-,44+,45+,49+/m0/s1. The quantitative estimate of drug-likeness (QED) is 0.0425. The van der Waals surface area contributed by atoms with Crippen molar-refractivity contribution in [1.82, 2.24) is 19.5 Å². The number of aromatic nitrogens is 4. The van der Waals surface area contributed by atoms with Crippen LogP contribution >= 0.6 is 7.82 Å². The molecule has 1 fully saturated rings. The highest BCUT2D eigenvalue weighted by Gasteiger charge is 2.38. The van der Waals surface area contributed by atoms with Crippen LogP contribution in [0, 0.1) is 0 Å². The Balaban J connectivity index is 1.28. The van der Waals surface area contributed by atoms with E-state index in [1.54, 1.807) is 4.57 Å².